The summed E-state index contributed by atoms with van der Waals surface area (Å²) >= 11 is 0. The van der Waals surface area contributed by atoms with Gasteiger partial charge in [0, 0.05) is 6.07 Å². The minimum atomic E-state index is -0.937. The van der Waals surface area contributed by atoms with E-state index in [1.54, 1.807) is 12.1 Å². The molecule has 0 fully saturated rings. The fourth-order valence-electron chi connectivity index (χ4n) is 1.80. The van der Waals surface area contributed by atoms with Crippen molar-refractivity contribution in [2.24, 2.45) is 0 Å². The number of halogens is 2. The Balaban J connectivity index is 2.18. The third kappa shape index (κ3) is 1.91. The molecule has 4 nitrogen and oxygen atoms in total. The lowest BCUT2D eigenvalue weighted by Gasteiger charge is -1.99. The number of H-pyrrole nitrogens is 1. The van der Waals surface area contributed by atoms with Gasteiger partial charge in [0.05, 0.1) is 18.2 Å². The number of rotatable bonds is 2. The Labute approximate surface area is 107 Å². The summed E-state index contributed by atoms with van der Waals surface area (Å²) in [7, 11) is 1.49. The van der Waals surface area contributed by atoms with Crippen LogP contribution in [0.15, 0.2) is 30.3 Å². The van der Waals surface area contributed by atoms with Crippen molar-refractivity contribution >= 4 is 11.2 Å². The Morgan fingerprint density at radius 2 is 1.95 bits per heavy atom. The van der Waals surface area contributed by atoms with Crippen molar-refractivity contribution in [3.63, 3.8) is 0 Å². The lowest BCUT2D eigenvalue weighted by atomic mass is 10.2. The number of ether oxygens (including phenoxy) is 1. The lowest BCUT2D eigenvalue weighted by molar-refractivity contribution is 0.399. The van der Waals surface area contributed by atoms with Crippen LogP contribution in [0.25, 0.3) is 22.6 Å². The third-order valence-electron chi connectivity index (χ3n) is 2.74. The molecule has 96 valence electrons. The van der Waals surface area contributed by atoms with Gasteiger partial charge in [0.1, 0.15) is 5.82 Å². The molecule has 0 aliphatic rings. The van der Waals surface area contributed by atoms with Crippen LogP contribution in [0.1, 0.15) is 0 Å². The van der Waals surface area contributed by atoms with Crippen LogP contribution < -0.4 is 4.74 Å². The van der Waals surface area contributed by atoms with Gasteiger partial charge in [-0.05, 0) is 18.2 Å². The minimum Gasteiger partial charge on any atom is -0.481 e. The van der Waals surface area contributed by atoms with E-state index in [0.29, 0.717) is 17.0 Å². The summed E-state index contributed by atoms with van der Waals surface area (Å²) in [6, 6.07) is 7.31. The zero-order valence-electron chi connectivity index (χ0n) is 9.95. The van der Waals surface area contributed by atoms with E-state index in [-0.39, 0.29) is 11.4 Å². The van der Waals surface area contributed by atoms with Gasteiger partial charge in [-0.1, -0.05) is 6.07 Å². The maximum Gasteiger partial charge on any atom is 0.215 e. The fraction of sp³-hybridized carbons (Fsp3) is 0.0769. The summed E-state index contributed by atoms with van der Waals surface area (Å²) < 4.78 is 31.8. The van der Waals surface area contributed by atoms with E-state index in [0.717, 1.165) is 6.07 Å². The number of benzene rings is 1. The summed E-state index contributed by atoms with van der Waals surface area (Å²) in [6.07, 6.45) is 0. The van der Waals surface area contributed by atoms with Crippen molar-refractivity contribution in [1.29, 1.82) is 0 Å². The number of aromatic nitrogens is 3. The highest BCUT2D eigenvalue weighted by molar-refractivity contribution is 5.76. The molecule has 0 amide bonds. The maximum absolute atomic E-state index is 13.7. The molecule has 0 spiro atoms. The number of nitrogens with one attached hydrogen (secondary N) is 1. The van der Waals surface area contributed by atoms with E-state index in [2.05, 4.69) is 15.0 Å². The summed E-state index contributed by atoms with van der Waals surface area (Å²) in [5.74, 6) is -1.21. The first kappa shape index (κ1) is 11.6. The average molecular weight is 261 g/mol. The Morgan fingerprint density at radius 1 is 1.11 bits per heavy atom. The van der Waals surface area contributed by atoms with Crippen LogP contribution in [0, 0.1) is 11.6 Å². The first-order valence-corrected chi connectivity index (χ1v) is 5.54. The van der Waals surface area contributed by atoms with Crippen LogP contribution in [0.2, 0.25) is 0 Å². The summed E-state index contributed by atoms with van der Waals surface area (Å²) in [6.45, 7) is 0. The number of aromatic amines is 1. The van der Waals surface area contributed by atoms with Crippen LogP contribution in [0.3, 0.4) is 0 Å². The Hall–Kier alpha value is -2.50. The molecule has 6 heteroatoms. The molecule has 0 saturated heterocycles. The molecule has 1 N–H and O–H groups in total. The van der Waals surface area contributed by atoms with E-state index in [4.69, 9.17) is 4.74 Å². The van der Waals surface area contributed by atoms with Gasteiger partial charge < -0.3 is 9.72 Å². The SMILES string of the molecule is COc1ccc2[nH]c(-c3cccc(F)c3F)nc2n1. The van der Waals surface area contributed by atoms with Gasteiger partial charge in [0.25, 0.3) is 0 Å². The number of methoxy groups -OCH3 is 1. The van der Waals surface area contributed by atoms with Crippen LogP contribution in [-0.4, -0.2) is 22.1 Å². The average Bonchev–Trinajstić information content (AvgIpc) is 2.84. The molecule has 3 rings (SSSR count). The predicted molar refractivity (Wildman–Crippen MR) is 65.8 cm³/mol. The van der Waals surface area contributed by atoms with Gasteiger partial charge in [0.15, 0.2) is 17.3 Å². The molecule has 0 aliphatic heterocycles. The van der Waals surface area contributed by atoms with Crippen molar-refractivity contribution < 1.29 is 13.5 Å². The molecule has 1 aromatic carbocycles. The second-order valence-corrected chi connectivity index (χ2v) is 3.91. The van der Waals surface area contributed by atoms with Gasteiger partial charge in [-0.3, -0.25) is 0 Å². The van der Waals surface area contributed by atoms with E-state index in [1.807, 2.05) is 0 Å². The smallest absolute Gasteiger partial charge is 0.215 e. The Morgan fingerprint density at radius 3 is 2.74 bits per heavy atom. The van der Waals surface area contributed by atoms with Gasteiger partial charge >= 0.3 is 0 Å². The van der Waals surface area contributed by atoms with Crippen molar-refractivity contribution in [3.05, 3.63) is 42.0 Å². The Kier molecular flexibility index (Phi) is 2.63. The van der Waals surface area contributed by atoms with Crippen LogP contribution in [0.4, 0.5) is 8.78 Å². The molecule has 0 saturated carbocycles. The topological polar surface area (TPSA) is 50.8 Å². The molecule has 0 aliphatic carbocycles. The molecule has 3 aromatic rings. The van der Waals surface area contributed by atoms with Crippen molar-refractivity contribution in [3.8, 4) is 17.3 Å². The fourth-order valence-corrected chi connectivity index (χ4v) is 1.80. The van der Waals surface area contributed by atoms with E-state index < -0.39 is 11.6 Å². The predicted octanol–water partition coefficient (Wildman–Crippen LogP) is 2.91. The van der Waals surface area contributed by atoms with E-state index in [1.165, 1.54) is 19.2 Å². The monoisotopic (exact) mass is 261 g/mol. The van der Waals surface area contributed by atoms with Crippen molar-refractivity contribution in [2.75, 3.05) is 7.11 Å². The molecular weight excluding hydrogens is 252 g/mol. The van der Waals surface area contributed by atoms with Gasteiger partial charge in [-0.25, -0.2) is 13.8 Å². The molecule has 2 aromatic heterocycles. The first-order chi connectivity index (χ1) is 9.19. The molecule has 19 heavy (non-hydrogen) atoms. The number of nitrogens with zero attached hydrogens (tertiary/aromatic N) is 2. The summed E-state index contributed by atoms with van der Waals surface area (Å²) in [5, 5.41) is 0. The largest absolute Gasteiger partial charge is 0.481 e. The van der Waals surface area contributed by atoms with Crippen LogP contribution in [0.5, 0.6) is 5.88 Å². The van der Waals surface area contributed by atoms with E-state index in [9.17, 15) is 8.78 Å². The van der Waals surface area contributed by atoms with Gasteiger partial charge in [0.2, 0.25) is 5.88 Å². The number of fused-ring (bicyclic) bond motifs is 1. The molecular formula is C13H9F2N3O. The number of imidazole rings is 1. The quantitative estimate of drug-likeness (QED) is 0.771. The number of pyridine rings is 1. The highest BCUT2D eigenvalue weighted by Crippen LogP contribution is 2.24. The molecule has 0 unspecified atom stereocenters. The van der Waals surface area contributed by atoms with Gasteiger partial charge in [-0.15, -0.1) is 0 Å². The highest BCUT2D eigenvalue weighted by atomic mass is 19.2. The van der Waals surface area contributed by atoms with Crippen LogP contribution >= 0.6 is 0 Å². The maximum atomic E-state index is 13.7. The lowest BCUT2D eigenvalue weighted by Crippen LogP contribution is -1.90. The van der Waals surface area contributed by atoms with Gasteiger partial charge in [-0.2, -0.15) is 4.98 Å². The molecule has 0 bridgehead atoms. The standard InChI is InChI=1S/C13H9F2N3O/c1-19-10-6-5-9-13(17-10)18-12(16-9)7-3-2-4-8(14)11(7)15/h2-6H,1H3,(H,16,17,18). The second-order valence-electron chi connectivity index (χ2n) is 3.91. The number of hydrogen-bond acceptors (Lipinski definition) is 3. The first-order valence-electron chi connectivity index (χ1n) is 5.54. The van der Waals surface area contributed by atoms with E-state index >= 15 is 0 Å². The summed E-state index contributed by atoms with van der Waals surface area (Å²) in [4.78, 5) is 11.1. The number of hydrogen-bond donors (Lipinski definition) is 1. The van der Waals surface area contributed by atoms with Crippen molar-refractivity contribution in [2.45, 2.75) is 0 Å². The second kappa shape index (κ2) is 4.31. The summed E-state index contributed by atoms with van der Waals surface area (Å²) in [5.41, 5.74) is 1.08. The highest BCUT2D eigenvalue weighted by Gasteiger charge is 2.14. The van der Waals surface area contributed by atoms with Crippen molar-refractivity contribution in [1.82, 2.24) is 15.0 Å². The molecule has 0 atom stereocenters. The minimum absolute atomic E-state index is 0.0666. The zero-order chi connectivity index (χ0) is 13.4. The normalized spacial score (nSPS) is 10.9. The molecule has 0 radical (unpaired) electrons. The zero-order valence-corrected chi connectivity index (χ0v) is 9.95. The molecule has 2 heterocycles. The third-order valence-corrected chi connectivity index (χ3v) is 2.74. The Bertz CT molecular complexity index is 755. The van der Waals surface area contributed by atoms with Crippen LogP contribution in [-0.2, 0) is 0 Å².